The lowest BCUT2D eigenvalue weighted by Crippen LogP contribution is -2.14. The van der Waals surface area contributed by atoms with Crippen LogP contribution in [0.2, 0.25) is 0 Å². The summed E-state index contributed by atoms with van der Waals surface area (Å²) in [6, 6.07) is 0. The number of rotatable bonds is 27. The van der Waals surface area contributed by atoms with Gasteiger partial charge in [-0.3, -0.25) is 0 Å². The first-order chi connectivity index (χ1) is 18.5. The third-order valence-corrected chi connectivity index (χ3v) is 9.88. The Bertz CT molecular complexity index is 508. The van der Waals surface area contributed by atoms with E-state index in [9.17, 15) is 0 Å². The Hall–Kier alpha value is 0. The average Bonchev–Trinajstić information content (AvgIpc) is 2.81. The molecular weight excluding hydrogens is 468 g/mol. The van der Waals surface area contributed by atoms with Crippen molar-refractivity contribution in [3.63, 3.8) is 0 Å². The fourth-order valence-corrected chi connectivity index (χ4v) is 8.22. The van der Waals surface area contributed by atoms with Crippen molar-refractivity contribution in [1.29, 1.82) is 0 Å². The van der Waals surface area contributed by atoms with Gasteiger partial charge in [0.15, 0.2) is 0 Å². The lowest BCUT2D eigenvalue weighted by Gasteiger charge is -2.26. The Morgan fingerprint density at radius 2 is 0.513 bits per heavy atom. The summed E-state index contributed by atoms with van der Waals surface area (Å²) < 4.78 is 0. The zero-order valence-electron chi connectivity index (χ0n) is 29.6. The van der Waals surface area contributed by atoms with Crippen molar-refractivity contribution in [1.82, 2.24) is 0 Å². The topological polar surface area (TPSA) is 0 Å². The van der Waals surface area contributed by atoms with Crippen LogP contribution in [0.5, 0.6) is 0 Å². The predicted molar refractivity (Wildman–Crippen MR) is 182 cm³/mol. The highest BCUT2D eigenvalue weighted by Gasteiger charge is 2.19. The molecule has 0 aliphatic rings. The molecule has 39 heavy (non-hydrogen) atoms. The van der Waals surface area contributed by atoms with E-state index in [1.165, 1.54) is 122 Å². The summed E-state index contributed by atoms with van der Waals surface area (Å²) in [5.41, 5.74) is 0. The first kappa shape index (κ1) is 39.0. The molecule has 236 valence electrons. The van der Waals surface area contributed by atoms with E-state index < -0.39 is 0 Å². The van der Waals surface area contributed by atoms with Gasteiger partial charge < -0.3 is 0 Å². The van der Waals surface area contributed by atoms with E-state index in [2.05, 4.69) is 76.2 Å². The fraction of sp³-hybridized carbons (Fsp3) is 1.00. The maximum absolute atomic E-state index is 2.53. The van der Waals surface area contributed by atoms with Crippen molar-refractivity contribution in [2.24, 2.45) is 53.3 Å². The van der Waals surface area contributed by atoms with Crippen LogP contribution in [0.15, 0.2) is 0 Å². The first-order valence-electron chi connectivity index (χ1n) is 18.5. The van der Waals surface area contributed by atoms with E-state index in [1.54, 1.807) is 0 Å². The minimum absolute atomic E-state index is 0.879. The monoisotopic (exact) mass is 549 g/mol. The second kappa shape index (κ2) is 24.6. The van der Waals surface area contributed by atoms with Gasteiger partial charge >= 0.3 is 0 Å². The van der Waals surface area contributed by atoms with E-state index >= 15 is 0 Å². The predicted octanol–water partition coefficient (Wildman–Crippen LogP) is 14.2. The van der Waals surface area contributed by atoms with Gasteiger partial charge in [0.05, 0.1) is 0 Å². The summed E-state index contributed by atoms with van der Waals surface area (Å²) in [4.78, 5) is 0. The van der Waals surface area contributed by atoms with Gasteiger partial charge in [0, 0.05) is 0 Å². The first-order valence-corrected chi connectivity index (χ1v) is 18.5. The standard InChI is InChI=1S/C39H80/c1-12-14-16-17-18-21-32(4)24-33(5)22-19-23-34(6)26-36(8)28-38(10)30-39(11)29-37(9)27-35(7)25-31(3)20-15-13-2/h31-39H,12-30H2,1-11H3. The fourth-order valence-electron chi connectivity index (χ4n) is 8.22. The highest BCUT2D eigenvalue weighted by atomic mass is 14.2. The van der Waals surface area contributed by atoms with Crippen molar-refractivity contribution in [2.75, 3.05) is 0 Å². The molecule has 0 spiro atoms. The molecule has 0 heteroatoms. The molecule has 0 fully saturated rings. The highest BCUT2D eigenvalue weighted by molar-refractivity contribution is 4.70. The van der Waals surface area contributed by atoms with Gasteiger partial charge in [0.25, 0.3) is 0 Å². The SMILES string of the molecule is CCCCCCCC(C)CC(C)CCCC(C)CC(C)CC(C)CC(C)CC(C)CC(C)CC(C)CCCC. The van der Waals surface area contributed by atoms with Gasteiger partial charge in [-0.1, -0.05) is 153 Å². The van der Waals surface area contributed by atoms with Crippen LogP contribution in [0.1, 0.15) is 198 Å². The molecule has 0 heterocycles. The smallest absolute Gasteiger partial charge is 0.0438 e. The third-order valence-electron chi connectivity index (χ3n) is 9.88. The molecule has 0 aromatic heterocycles. The average molecular weight is 549 g/mol. The summed E-state index contributed by atoms with van der Waals surface area (Å²) in [6.07, 6.45) is 27.2. The molecule has 9 unspecified atom stereocenters. The second-order valence-corrected chi connectivity index (χ2v) is 15.9. The van der Waals surface area contributed by atoms with Crippen LogP contribution in [0.4, 0.5) is 0 Å². The van der Waals surface area contributed by atoms with Crippen molar-refractivity contribution in [3.8, 4) is 0 Å². The molecule has 0 nitrogen and oxygen atoms in total. The molecule has 0 aliphatic heterocycles. The summed E-state index contributed by atoms with van der Waals surface area (Å²) >= 11 is 0. The largest absolute Gasteiger partial charge is 0.0654 e. The molecule has 0 saturated heterocycles. The van der Waals surface area contributed by atoms with Crippen LogP contribution in [-0.4, -0.2) is 0 Å². The van der Waals surface area contributed by atoms with Crippen molar-refractivity contribution < 1.29 is 0 Å². The van der Waals surface area contributed by atoms with Crippen molar-refractivity contribution in [2.45, 2.75) is 198 Å². The van der Waals surface area contributed by atoms with E-state index in [4.69, 9.17) is 0 Å². The minimum Gasteiger partial charge on any atom is -0.0654 e. The molecule has 0 N–H and O–H groups in total. The van der Waals surface area contributed by atoms with Crippen LogP contribution in [-0.2, 0) is 0 Å². The van der Waals surface area contributed by atoms with Crippen molar-refractivity contribution in [3.05, 3.63) is 0 Å². The van der Waals surface area contributed by atoms with Crippen molar-refractivity contribution >= 4 is 0 Å². The Balaban J connectivity index is 4.04. The van der Waals surface area contributed by atoms with Gasteiger partial charge in [0.2, 0.25) is 0 Å². The van der Waals surface area contributed by atoms with E-state index in [1.807, 2.05) is 0 Å². The zero-order valence-corrected chi connectivity index (χ0v) is 29.6. The Labute approximate surface area is 251 Å². The summed E-state index contributed by atoms with van der Waals surface area (Å²) in [5, 5.41) is 0. The van der Waals surface area contributed by atoms with Crippen LogP contribution >= 0.6 is 0 Å². The number of unbranched alkanes of at least 4 members (excludes halogenated alkanes) is 5. The Kier molecular flexibility index (Phi) is 24.6. The molecule has 9 atom stereocenters. The molecule has 0 aliphatic carbocycles. The van der Waals surface area contributed by atoms with Gasteiger partial charge in [-0.25, -0.2) is 0 Å². The lowest BCUT2D eigenvalue weighted by molar-refractivity contribution is 0.259. The molecule has 0 radical (unpaired) electrons. The van der Waals surface area contributed by atoms with E-state index in [0.717, 1.165) is 53.3 Å². The lowest BCUT2D eigenvalue weighted by atomic mass is 9.80. The second-order valence-electron chi connectivity index (χ2n) is 15.9. The Morgan fingerprint density at radius 1 is 0.256 bits per heavy atom. The third kappa shape index (κ3) is 24.3. The minimum atomic E-state index is 0.879. The molecule has 0 bridgehead atoms. The summed E-state index contributed by atoms with van der Waals surface area (Å²) in [7, 11) is 0. The Morgan fingerprint density at radius 3 is 0.872 bits per heavy atom. The molecule has 0 rings (SSSR count). The molecule has 0 aromatic carbocycles. The van der Waals surface area contributed by atoms with Gasteiger partial charge in [-0.05, 0) is 98.2 Å². The number of hydrogen-bond acceptors (Lipinski definition) is 0. The summed E-state index contributed by atoms with van der Waals surface area (Å²) in [6.45, 7) is 27.3. The molecule has 0 amide bonds. The van der Waals surface area contributed by atoms with Crippen LogP contribution in [0, 0.1) is 53.3 Å². The van der Waals surface area contributed by atoms with Gasteiger partial charge in [-0.2, -0.15) is 0 Å². The van der Waals surface area contributed by atoms with Crippen LogP contribution < -0.4 is 0 Å². The maximum Gasteiger partial charge on any atom is -0.0438 e. The molecule has 0 saturated carbocycles. The van der Waals surface area contributed by atoms with Gasteiger partial charge in [0.1, 0.15) is 0 Å². The maximum atomic E-state index is 2.53. The van der Waals surface area contributed by atoms with E-state index in [-0.39, 0.29) is 0 Å². The van der Waals surface area contributed by atoms with Gasteiger partial charge in [-0.15, -0.1) is 0 Å². The zero-order chi connectivity index (χ0) is 29.6. The van der Waals surface area contributed by atoms with E-state index in [0.29, 0.717) is 0 Å². The highest BCUT2D eigenvalue weighted by Crippen LogP contribution is 2.31. The molecular formula is C39H80. The summed E-state index contributed by atoms with van der Waals surface area (Å²) in [5.74, 6) is 8.07. The normalized spacial score (nSPS) is 19.2. The quantitative estimate of drug-likeness (QED) is 0.0895. The van der Waals surface area contributed by atoms with Crippen LogP contribution in [0.3, 0.4) is 0 Å². The number of hydrogen-bond donors (Lipinski definition) is 0. The van der Waals surface area contributed by atoms with Crippen LogP contribution in [0.25, 0.3) is 0 Å². The molecule has 0 aromatic rings.